The second kappa shape index (κ2) is 9.62. The summed E-state index contributed by atoms with van der Waals surface area (Å²) in [5, 5.41) is 3.29. The van der Waals surface area contributed by atoms with Gasteiger partial charge in [0, 0.05) is 34.4 Å². The zero-order valence-corrected chi connectivity index (χ0v) is 21.7. The second-order valence-electron chi connectivity index (χ2n) is 9.88. The fourth-order valence-electron chi connectivity index (χ4n) is 5.80. The number of thioether (sulfide) groups is 1. The molecule has 4 nitrogen and oxygen atoms in total. The molecule has 0 bridgehead atoms. The Morgan fingerprint density at radius 1 is 0.944 bits per heavy atom. The van der Waals surface area contributed by atoms with E-state index in [0.29, 0.717) is 5.92 Å². The van der Waals surface area contributed by atoms with Gasteiger partial charge in [-0.1, -0.05) is 62.2 Å². The van der Waals surface area contributed by atoms with Gasteiger partial charge in [-0.05, 0) is 79.4 Å². The number of rotatable bonds is 4. The topological polar surface area (TPSA) is 37.6 Å². The standard InChI is InChI=1S/C31H31N3OS/c1-3-33-27-16-10-8-14-24(27)25-19-22(17-18-28(25)33)20-29-30(35)34(26-15-9-7-11-21(26)2)31(36-29)32-23-12-5-4-6-13-23/h4-6,8,10,12-14,16-21,26H,3,7,9,11,15H2,1-2H3/b29-20-,32-31?/t21-,26-/m1/s1. The number of aryl methyl sites for hydroxylation is 1. The number of amidine groups is 1. The molecule has 1 saturated heterocycles. The third kappa shape index (κ3) is 4.05. The number of amides is 1. The maximum Gasteiger partial charge on any atom is 0.267 e. The molecule has 1 aliphatic carbocycles. The normalized spacial score (nSPS) is 22.9. The molecule has 2 aliphatic rings. The molecule has 36 heavy (non-hydrogen) atoms. The third-order valence-electron chi connectivity index (χ3n) is 7.63. The fourth-order valence-corrected chi connectivity index (χ4v) is 6.85. The van der Waals surface area contributed by atoms with Gasteiger partial charge in [-0.2, -0.15) is 0 Å². The fraction of sp³-hybridized carbons (Fsp3) is 0.290. The van der Waals surface area contributed by atoms with E-state index in [1.54, 1.807) is 0 Å². The summed E-state index contributed by atoms with van der Waals surface area (Å²) < 4.78 is 2.36. The van der Waals surface area contributed by atoms with Crippen molar-refractivity contribution in [1.82, 2.24) is 9.47 Å². The molecule has 1 aliphatic heterocycles. The number of para-hydroxylation sites is 2. The minimum absolute atomic E-state index is 0.0875. The van der Waals surface area contributed by atoms with Gasteiger partial charge in [0.05, 0.1) is 10.6 Å². The lowest BCUT2D eigenvalue weighted by atomic mass is 9.85. The summed E-state index contributed by atoms with van der Waals surface area (Å²) in [6, 6.07) is 25.3. The Morgan fingerprint density at radius 2 is 1.69 bits per heavy atom. The second-order valence-corrected chi connectivity index (χ2v) is 10.9. The SMILES string of the molecule is CCn1c2ccccc2c2cc(/C=C3\SC(=Nc4ccccc4)N([C@@H]4CCCC[C@H]4C)C3=O)ccc21. The Bertz CT molecular complexity index is 1500. The molecular weight excluding hydrogens is 462 g/mol. The molecule has 1 aromatic heterocycles. The van der Waals surface area contributed by atoms with E-state index in [-0.39, 0.29) is 11.9 Å². The highest BCUT2D eigenvalue weighted by Crippen LogP contribution is 2.40. The van der Waals surface area contributed by atoms with E-state index in [1.807, 2.05) is 35.2 Å². The molecule has 1 amide bonds. The lowest BCUT2D eigenvalue weighted by Crippen LogP contribution is -2.44. The largest absolute Gasteiger partial charge is 0.341 e. The average molecular weight is 494 g/mol. The van der Waals surface area contributed by atoms with Crippen molar-refractivity contribution >= 4 is 56.4 Å². The Kier molecular flexibility index (Phi) is 6.18. The monoisotopic (exact) mass is 493 g/mol. The van der Waals surface area contributed by atoms with Crippen molar-refractivity contribution < 1.29 is 4.79 Å². The van der Waals surface area contributed by atoms with Gasteiger partial charge in [0.2, 0.25) is 0 Å². The number of nitrogens with zero attached hydrogens (tertiary/aromatic N) is 3. The molecule has 0 N–H and O–H groups in total. The highest BCUT2D eigenvalue weighted by atomic mass is 32.2. The molecule has 0 unspecified atom stereocenters. The van der Waals surface area contributed by atoms with E-state index < -0.39 is 0 Å². The number of hydrogen-bond donors (Lipinski definition) is 0. The molecule has 1 saturated carbocycles. The number of hydrogen-bond acceptors (Lipinski definition) is 3. The summed E-state index contributed by atoms with van der Waals surface area (Å²) in [6.45, 7) is 5.39. The first-order valence-electron chi connectivity index (χ1n) is 13.0. The number of carbonyl (C=O) groups is 1. The average Bonchev–Trinajstić information content (AvgIpc) is 3.38. The molecule has 2 fully saturated rings. The highest BCUT2D eigenvalue weighted by molar-refractivity contribution is 8.18. The van der Waals surface area contributed by atoms with Crippen LogP contribution in [0.25, 0.3) is 27.9 Å². The summed E-state index contributed by atoms with van der Waals surface area (Å²) >= 11 is 1.51. The smallest absolute Gasteiger partial charge is 0.267 e. The number of aliphatic imine (C=N–C) groups is 1. The van der Waals surface area contributed by atoms with Crippen LogP contribution in [0.1, 0.15) is 45.1 Å². The van der Waals surface area contributed by atoms with Crippen LogP contribution in [-0.2, 0) is 11.3 Å². The van der Waals surface area contributed by atoms with Crippen LogP contribution in [0.2, 0.25) is 0 Å². The zero-order valence-electron chi connectivity index (χ0n) is 20.9. The predicted molar refractivity (Wildman–Crippen MR) is 152 cm³/mol. The minimum Gasteiger partial charge on any atom is -0.341 e. The van der Waals surface area contributed by atoms with Gasteiger partial charge in [-0.3, -0.25) is 9.69 Å². The summed E-state index contributed by atoms with van der Waals surface area (Å²) in [5.74, 6) is 0.560. The van der Waals surface area contributed by atoms with Crippen LogP contribution < -0.4 is 0 Å². The van der Waals surface area contributed by atoms with Crippen molar-refractivity contribution in [3.05, 3.63) is 83.3 Å². The van der Waals surface area contributed by atoms with Crippen LogP contribution in [0.4, 0.5) is 5.69 Å². The van der Waals surface area contributed by atoms with Crippen molar-refractivity contribution in [3.8, 4) is 0 Å². The van der Waals surface area contributed by atoms with E-state index in [9.17, 15) is 4.79 Å². The van der Waals surface area contributed by atoms with Gasteiger partial charge in [-0.25, -0.2) is 4.99 Å². The van der Waals surface area contributed by atoms with Crippen LogP contribution in [0.5, 0.6) is 0 Å². The van der Waals surface area contributed by atoms with Crippen molar-refractivity contribution in [3.63, 3.8) is 0 Å². The minimum atomic E-state index is 0.0875. The van der Waals surface area contributed by atoms with Crippen molar-refractivity contribution in [2.45, 2.75) is 52.1 Å². The Labute approximate surface area is 216 Å². The van der Waals surface area contributed by atoms with E-state index in [2.05, 4.69) is 67.0 Å². The zero-order chi connectivity index (χ0) is 24.6. The van der Waals surface area contributed by atoms with E-state index >= 15 is 0 Å². The molecular formula is C31H31N3OS. The number of aromatic nitrogens is 1. The Hall–Kier alpha value is -3.31. The van der Waals surface area contributed by atoms with Crippen molar-refractivity contribution in [1.29, 1.82) is 0 Å². The third-order valence-corrected chi connectivity index (χ3v) is 8.61. The maximum absolute atomic E-state index is 13.8. The first-order chi connectivity index (χ1) is 17.6. The van der Waals surface area contributed by atoms with Crippen LogP contribution in [0, 0.1) is 5.92 Å². The number of fused-ring (bicyclic) bond motifs is 3. The number of benzene rings is 3. The van der Waals surface area contributed by atoms with Gasteiger partial charge >= 0.3 is 0 Å². The van der Waals surface area contributed by atoms with E-state index in [0.717, 1.165) is 40.7 Å². The van der Waals surface area contributed by atoms with Crippen LogP contribution in [0.3, 0.4) is 0 Å². The van der Waals surface area contributed by atoms with Gasteiger partial charge in [0.25, 0.3) is 5.91 Å². The van der Waals surface area contributed by atoms with Crippen LogP contribution in [-0.4, -0.2) is 26.6 Å². The maximum atomic E-state index is 13.8. The van der Waals surface area contributed by atoms with E-state index in [4.69, 9.17) is 4.99 Å². The summed E-state index contributed by atoms with van der Waals surface area (Å²) in [5.41, 5.74) is 4.42. The molecule has 5 heteroatoms. The quantitative estimate of drug-likeness (QED) is 0.270. The van der Waals surface area contributed by atoms with Gasteiger partial charge in [-0.15, -0.1) is 0 Å². The summed E-state index contributed by atoms with van der Waals surface area (Å²) in [6.07, 6.45) is 6.66. The van der Waals surface area contributed by atoms with Gasteiger partial charge in [0.15, 0.2) is 5.17 Å². The first kappa shape index (κ1) is 23.1. The van der Waals surface area contributed by atoms with Crippen molar-refractivity contribution in [2.24, 2.45) is 10.9 Å². The molecule has 0 spiro atoms. The molecule has 3 aromatic carbocycles. The van der Waals surface area contributed by atoms with Crippen LogP contribution >= 0.6 is 11.8 Å². The lowest BCUT2D eigenvalue weighted by Gasteiger charge is -2.35. The Balaban J connectivity index is 1.42. The highest BCUT2D eigenvalue weighted by Gasteiger charge is 2.41. The molecule has 6 rings (SSSR count). The number of carbonyl (C=O) groups excluding carboxylic acids is 1. The summed E-state index contributed by atoms with van der Waals surface area (Å²) in [4.78, 5) is 21.5. The molecule has 2 heterocycles. The predicted octanol–water partition coefficient (Wildman–Crippen LogP) is 8.00. The first-order valence-corrected chi connectivity index (χ1v) is 13.8. The van der Waals surface area contributed by atoms with Gasteiger partial charge in [0.1, 0.15) is 0 Å². The molecule has 2 atom stereocenters. The lowest BCUT2D eigenvalue weighted by molar-refractivity contribution is -0.124. The molecule has 182 valence electrons. The molecule has 4 aromatic rings. The molecule has 0 radical (unpaired) electrons. The van der Waals surface area contributed by atoms with Crippen molar-refractivity contribution in [2.75, 3.05) is 0 Å². The van der Waals surface area contributed by atoms with E-state index in [1.165, 1.54) is 46.4 Å². The Morgan fingerprint density at radius 3 is 2.50 bits per heavy atom. The van der Waals surface area contributed by atoms with Crippen LogP contribution in [0.15, 0.2) is 82.7 Å². The summed E-state index contributed by atoms with van der Waals surface area (Å²) in [7, 11) is 0. The van der Waals surface area contributed by atoms with Gasteiger partial charge < -0.3 is 4.57 Å².